The molecule has 0 spiro atoms. The Morgan fingerprint density at radius 3 is 2.47 bits per heavy atom. The summed E-state index contributed by atoms with van der Waals surface area (Å²) in [7, 11) is 0. The standard InChI is InChI=1S/C28H31N3O2S/c1-2-3-16-31(28(33)26-14-9-18-34-26)21-27(32)30(20-22-10-5-4-6-11-22)17-15-23-19-29-25-13-8-7-12-24(23)25/h4-14,18-19,29H,2-3,15-17,20-21H2,1H3. The second-order valence-electron chi connectivity index (χ2n) is 8.47. The summed E-state index contributed by atoms with van der Waals surface area (Å²) in [6.45, 7) is 3.89. The fourth-order valence-electron chi connectivity index (χ4n) is 4.11. The molecule has 34 heavy (non-hydrogen) atoms. The first-order valence-corrected chi connectivity index (χ1v) is 12.7. The molecule has 0 radical (unpaired) electrons. The van der Waals surface area contributed by atoms with E-state index in [1.165, 1.54) is 22.3 Å². The number of hydrogen-bond acceptors (Lipinski definition) is 3. The van der Waals surface area contributed by atoms with E-state index in [4.69, 9.17) is 0 Å². The quantitative estimate of drug-likeness (QED) is 0.302. The number of carbonyl (C=O) groups is 2. The van der Waals surface area contributed by atoms with Gasteiger partial charge in [-0.25, -0.2) is 0 Å². The number of thiophene rings is 1. The Hall–Kier alpha value is -3.38. The average molecular weight is 474 g/mol. The molecule has 176 valence electrons. The first kappa shape index (κ1) is 23.8. The molecule has 2 aromatic carbocycles. The van der Waals surface area contributed by atoms with Gasteiger partial charge in [0.25, 0.3) is 5.91 Å². The Morgan fingerprint density at radius 1 is 0.912 bits per heavy atom. The Bertz CT molecular complexity index is 1200. The highest BCUT2D eigenvalue weighted by Crippen LogP contribution is 2.19. The van der Waals surface area contributed by atoms with Crippen LogP contribution < -0.4 is 0 Å². The summed E-state index contributed by atoms with van der Waals surface area (Å²) in [5.41, 5.74) is 3.38. The molecule has 0 bridgehead atoms. The molecule has 1 N–H and O–H groups in total. The predicted octanol–water partition coefficient (Wildman–Crippen LogP) is 5.74. The van der Waals surface area contributed by atoms with Gasteiger partial charge < -0.3 is 14.8 Å². The molecule has 4 aromatic rings. The maximum Gasteiger partial charge on any atom is 0.264 e. The number of amides is 2. The lowest BCUT2D eigenvalue weighted by atomic mass is 10.1. The van der Waals surface area contributed by atoms with Gasteiger partial charge in [-0.3, -0.25) is 9.59 Å². The molecule has 0 saturated carbocycles. The molecule has 0 aliphatic carbocycles. The zero-order valence-electron chi connectivity index (χ0n) is 19.6. The lowest BCUT2D eigenvalue weighted by Gasteiger charge is -2.28. The Balaban J connectivity index is 1.51. The van der Waals surface area contributed by atoms with E-state index in [1.54, 1.807) is 4.90 Å². The second-order valence-corrected chi connectivity index (χ2v) is 9.42. The number of rotatable bonds is 11. The van der Waals surface area contributed by atoms with Crippen molar-refractivity contribution < 1.29 is 9.59 Å². The molecule has 2 heterocycles. The van der Waals surface area contributed by atoms with Gasteiger partial charge in [0.2, 0.25) is 5.91 Å². The highest BCUT2D eigenvalue weighted by atomic mass is 32.1. The summed E-state index contributed by atoms with van der Waals surface area (Å²) < 4.78 is 0. The van der Waals surface area contributed by atoms with E-state index in [2.05, 4.69) is 24.0 Å². The molecule has 0 atom stereocenters. The number of hydrogen-bond donors (Lipinski definition) is 1. The van der Waals surface area contributed by atoms with Crippen molar-refractivity contribution in [2.75, 3.05) is 19.6 Å². The van der Waals surface area contributed by atoms with Gasteiger partial charge in [-0.05, 0) is 41.5 Å². The number of aromatic nitrogens is 1. The van der Waals surface area contributed by atoms with Gasteiger partial charge in [0.05, 0.1) is 4.88 Å². The fourth-order valence-corrected chi connectivity index (χ4v) is 4.80. The molecule has 5 nitrogen and oxygen atoms in total. The molecular formula is C28H31N3O2S. The van der Waals surface area contributed by atoms with E-state index in [1.807, 2.05) is 71.1 Å². The smallest absolute Gasteiger partial charge is 0.264 e. The van der Waals surface area contributed by atoms with Crippen LogP contribution >= 0.6 is 11.3 Å². The molecule has 2 aromatic heterocycles. The number of aromatic amines is 1. The van der Waals surface area contributed by atoms with Crippen molar-refractivity contribution in [1.29, 1.82) is 0 Å². The molecule has 0 unspecified atom stereocenters. The normalized spacial score (nSPS) is 11.0. The van der Waals surface area contributed by atoms with Crippen molar-refractivity contribution >= 4 is 34.1 Å². The minimum atomic E-state index is -0.0620. The molecule has 6 heteroatoms. The highest BCUT2D eigenvalue weighted by molar-refractivity contribution is 7.12. The van der Waals surface area contributed by atoms with Gasteiger partial charge in [-0.2, -0.15) is 0 Å². The predicted molar refractivity (Wildman–Crippen MR) is 139 cm³/mol. The molecule has 0 fully saturated rings. The minimum absolute atomic E-state index is 0.0234. The van der Waals surface area contributed by atoms with Gasteiger partial charge in [0.1, 0.15) is 6.54 Å². The Labute approximate surface area is 205 Å². The van der Waals surface area contributed by atoms with E-state index < -0.39 is 0 Å². The van der Waals surface area contributed by atoms with Crippen molar-refractivity contribution in [1.82, 2.24) is 14.8 Å². The summed E-state index contributed by atoms with van der Waals surface area (Å²) in [4.78, 5) is 34.2. The van der Waals surface area contributed by atoms with E-state index in [9.17, 15) is 9.59 Å². The second kappa shape index (κ2) is 11.7. The van der Waals surface area contributed by atoms with Crippen LogP contribution in [0.15, 0.2) is 78.3 Å². The van der Waals surface area contributed by atoms with Gasteiger partial charge in [0.15, 0.2) is 0 Å². The average Bonchev–Trinajstić information content (AvgIpc) is 3.55. The Kier molecular flexibility index (Phi) is 8.15. The number of nitrogens with zero attached hydrogens (tertiary/aromatic N) is 2. The van der Waals surface area contributed by atoms with Crippen molar-refractivity contribution in [3.05, 3.63) is 94.3 Å². The van der Waals surface area contributed by atoms with E-state index >= 15 is 0 Å². The summed E-state index contributed by atoms with van der Waals surface area (Å²) in [6, 6.07) is 22.0. The van der Waals surface area contributed by atoms with Crippen LogP contribution in [0.4, 0.5) is 0 Å². The Morgan fingerprint density at radius 2 is 1.71 bits per heavy atom. The third kappa shape index (κ3) is 5.94. The number of H-pyrrole nitrogens is 1. The number of para-hydroxylation sites is 1. The topological polar surface area (TPSA) is 56.4 Å². The molecular weight excluding hydrogens is 442 g/mol. The van der Waals surface area contributed by atoms with Crippen LogP contribution in [0.3, 0.4) is 0 Å². The zero-order valence-corrected chi connectivity index (χ0v) is 20.4. The van der Waals surface area contributed by atoms with E-state index in [0.29, 0.717) is 24.5 Å². The van der Waals surface area contributed by atoms with Crippen molar-refractivity contribution in [2.45, 2.75) is 32.7 Å². The van der Waals surface area contributed by atoms with Gasteiger partial charge in [-0.1, -0.05) is 67.9 Å². The third-order valence-corrected chi connectivity index (χ3v) is 6.88. The molecule has 0 aliphatic heterocycles. The monoisotopic (exact) mass is 473 g/mol. The maximum absolute atomic E-state index is 13.5. The number of benzene rings is 2. The van der Waals surface area contributed by atoms with Crippen LogP contribution in [0.2, 0.25) is 0 Å². The highest BCUT2D eigenvalue weighted by Gasteiger charge is 2.23. The maximum atomic E-state index is 13.5. The summed E-state index contributed by atoms with van der Waals surface area (Å²) in [6.07, 6.45) is 4.62. The molecule has 4 rings (SSSR count). The van der Waals surface area contributed by atoms with Crippen LogP contribution in [0.1, 0.15) is 40.6 Å². The number of unbranched alkanes of at least 4 members (excludes halogenated alkanes) is 1. The van der Waals surface area contributed by atoms with Crippen molar-refractivity contribution in [3.63, 3.8) is 0 Å². The SMILES string of the molecule is CCCCN(CC(=O)N(CCc1c[nH]c2ccccc12)Cc1ccccc1)C(=O)c1cccs1. The van der Waals surface area contributed by atoms with Crippen LogP contribution in [0.5, 0.6) is 0 Å². The largest absolute Gasteiger partial charge is 0.361 e. The molecule has 2 amide bonds. The van der Waals surface area contributed by atoms with Crippen LogP contribution in [-0.4, -0.2) is 46.2 Å². The number of nitrogens with one attached hydrogen (secondary N) is 1. The zero-order chi connectivity index (χ0) is 23.8. The van der Waals surface area contributed by atoms with Crippen molar-refractivity contribution in [3.8, 4) is 0 Å². The lowest BCUT2D eigenvalue weighted by molar-refractivity contribution is -0.132. The third-order valence-electron chi connectivity index (χ3n) is 6.02. The summed E-state index contributed by atoms with van der Waals surface area (Å²) in [5, 5.41) is 3.09. The fraction of sp³-hybridized carbons (Fsp3) is 0.286. The summed E-state index contributed by atoms with van der Waals surface area (Å²) >= 11 is 1.42. The lowest BCUT2D eigenvalue weighted by Crippen LogP contribution is -2.43. The minimum Gasteiger partial charge on any atom is -0.361 e. The van der Waals surface area contributed by atoms with Gasteiger partial charge >= 0.3 is 0 Å². The van der Waals surface area contributed by atoms with Gasteiger partial charge in [0, 0.05) is 36.7 Å². The van der Waals surface area contributed by atoms with Crippen LogP contribution in [0, 0.1) is 0 Å². The number of carbonyl (C=O) groups excluding carboxylic acids is 2. The number of fused-ring (bicyclic) bond motifs is 1. The summed E-state index contributed by atoms with van der Waals surface area (Å²) in [5.74, 6) is -0.0854. The molecule has 0 saturated heterocycles. The van der Waals surface area contributed by atoms with Crippen LogP contribution in [0.25, 0.3) is 10.9 Å². The first-order valence-electron chi connectivity index (χ1n) is 11.8. The van der Waals surface area contributed by atoms with E-state index in [-0.39, 0.29) is 18.4 Å². The molecule has 0 aliphatic rings. The van der Waals surface area contributed by atoms with Gasteiger partial charge in [-0.15, -0.1) is 11.3 Å². The van der Waals surface area contributed by atoms with Crippen LogP contribution in [-0.2, 0) is 17.8 Å². The first-order chi connectivity index (χ1) is 16.7. The van der Waals surface area contributed by atoms with Crippen molar-refractivity contribution in [2.24, 2.45) is 0 Å². The van der Waals surface area contributed by atoms with E-state index in [0.717, 1.165) is 30.3 Å².